The number of hydrazone groups is 2. The van der Waals surface area contributed by atoms with Crippen molar-refractivity contribution in [2.75, 3.05) is 17.0 Å². The second-order valence-electron chi connectivity index (χ2n) is 7.76. The molecule has 0 saturated carbocycles. The summed E-state index contributed by atoms with van der Waals surface area (Å²) in [5.74, 6) is -0.609. The molecule has 0 bridgehead atoms. The number of aryl methyl sites for hydroxylation is 2. The number of aromatic hydroxyl groups is 1. The molecule has 3 aromatic carbocycles. The van der Waals surface area contributed by atoms with Crippen molar-refractivity contribution in [3.63, 3.8) is 0 Å². The molecule has 4 N–H and O–H groups in total. The number of nitrogens with one attached hydrogen (secondary N) is 1. The van der Waals surface area contributed by atoms with Gasteiger partial charge in [0.25, 0.3) is 0 Å². The molecular weight excluding hydrogens is 452 g/mol. The normalized spacial score (nSPS) is 14.3. The molecule has 1 heterocycles. The minimum absolute atomic E-state index is 0.0786. The molecule has 0 aromatic heterocycles. The number of para-hydroxylation sites is 1. The number of ether oxygens (including phenoxy) is 1. The smallest absolute Gasteiger partial charge is 0.505 e. The van der Waals surface area contributed by atoms with Crippen LogP contribution in [0, 0.1) is 13.8 Å². The zero-order chi connectivity index (χ0) is 25.1. The van der Waals surface area contributed by atoms with E-state index in [9.17, 15) is 19.8 Å². The van der Waals surface area contributed by atoms with Gasteiger partial charge in [0.2, 0.25) is 0 Å². The number of phenols is 1. The fourth-order valence-electron chi connectivity index (χ4n) is 3.50. The molecule has 1 aliphatic heterocycles. The third-order valence-electron chi connectivity index (χ3n) is 5.45. The Morgan fingerprint density at radius 1 is 1.09 bits per heavy atom. The molecule has 3 aromatic rings. The van der Waals surface area contributed by atoms with Gasteiger partial charge in [0, 0.05) is 5.56 Å². The number of carbonyl (C=O) groups excluding carboxylic acids is 1. The van der Waals surface area contributed by atoms with Gasteiger partial charge >= 0.3 is 12.1 Å². The van der Waals surface area contributed by atoms with E-state index >= 15 is 0 Å². The molecule has 0 aliphatic carbocycles. The lowest BCUT2D eigenvalue weighted by Crippen LogP contribution is -2.29. The Morgan fingerprint density at radius 3 is 2.57 bits per heavy atom. The summed E-state index contributed by atoms with van der Waals surface area (Å²) in [4.78, 5) is 23.8. The number of phenolic OH excluding ortho intramolecular Hbond substituents is 1. The van der Waals surface area contributed by atoms with Crippen LogP contribution in [0.2, 0.25) is 0 Å². The molecule has 178 valence electrons. The van der Waals surface area contributed by atoms with Gasteiger partial charge in [0.1, 0.15) is 17.2 Å². The number of carbonyl (C=O) groups is 2. The van der Waals surface area contributed by atoms with Gasteiger partial charge in [0.15, 0.2) is 5.71 Å². The predicted molar refractivity (Wildman–Crippen MR) is 131 cm³/mol. The highest BCUT2D eigenvalue weighted by atomic mass is 16.7. The molecule has 0 saturated heterocycles. The number of nitrogens with zero attached hydrogens (tertiary/aromatic N) is 3. The van der Waals surface area contributed by atoms with Crippen molar-refractivity contribution in [3.05, 3.63) is 71.8 Å². The second-order valence-corrected chi connectivity index (χ2v) is 7.76. The number of aliphatic hydroxyl groups excluding tert-OH is 1. The minimum Gasteiger partial charge on any atom is -0.505 e. The number of aliphatic hydroxyl groups is 1. The van der Waals surface area contributed by atoms with Crippen molar-refractivity contribution in [1.82, 2.24) is 0 Å². The van der Waals surface area contributed by atoms with E-state index in [2.05, 4.69) is 20.4 Å². The molecular formula is C25H22N4O6. The van der Waals surface area contributed by atoms with Gasteiger partial charge in [-0.2, -0.15) is 15.2 Å². The van der Waals surface area contributed by atoms with E-state index in [1.165, 1.54) is 17.1 Å². The third kappa shape index (κ3) is 4.82. The molecule has 10 heteroatoms. The quantitative estimate of drug-likeness (QED) is 0.184. The molecule has 10 nitrogen and oxygen atoms in total. The van der Waals surface area contributed by atoms with Crippen LogP contribution in [0.15, 0.2) is 70.9 Å². The molecule has 4 rings (SSSR count). The molecule has 35 heavy (non-hydrogen) atoms. The molecule has 0 unspecified atom stereocenters. The van der Waals surface area contributed by atoms with Gasteiger partial charge in [-0.25, -0.2) is 4.79 Å². The SMILES string of the molecule is Cc1ccc(N2N=C(CO)C(=NNc3cccc(-c4cccc(OC(=O)O)c4)c3O)C2=O)cc1C. The van der Waals surface area contributed by atoms with E-state index in [1.807, 2.05) is 26.0 Å². The predicted octanol–water partition coefficient (Wildman–Crippen LogP) is 3.90. The summed E-state index contributed by atoms with van der Waals surface area (Å²) in [6.45, 7) is 3.38. The van der Waals surface area contributed by atoms with E-state index in [0.717, 1.165) is 11.1 Å². The maximum atomic E-state index is 13.0. The monoisotopic (exact) mass is 474 g/mol. The van der Waals surface area contributed by atoms with Crippen molar-refractivity contribution in [2.45, 2.75) is 13.8 Å². The first kappa shape index (κ1) is 23.5. The molecule has 0 fully saturated rings. The zero-order valence-corrected chi connectivity index (χ0v) is 18.9. The van der Waals surface area contributed by atoms with Gasteiger partial charge in [0.05, 0.1) is 18.0 Å². The standard InChI is InChI=1S/C25H22N4O6/c1-14-9-10-17(11-15(14)2)29-24(32)22(21(13-30)28-29)27-26-20-8-4-7-19(23(20)31)16-5-3-6-18(12-16)35-25(33)34/h3-12,26,30-31H,13H2,1-2H3,(H,33,34). The van der Waals surface area contributed by atoms with Crippen molar-refractivity contribution in [3.8, 4) is 22.6 Å². The summed E-state index contributed by atoms with van der Waals surface area (Å²) in [5.41, 5.74) is 6.34. The number of hydrogen-bond acceptors (Lipinski definition) is 8. The van der Waals surface area contributed by atoms with Crippen LogP contribution in [0.1, 0.15) is 11.1 Å². The molecule has 0 atom stereocenters. The Hall–Kier alpha value is -4.70. The Morgan fingerprint density at radius 2 is 1.86 bits per heavy atom. The highest BCUT2D eigenvalue weighted by Gasteiger charge is 2.33. The largest absolute Gasteiger partial charge is 0.511 e. The molecule has 1 aliphatic rings. The van der Waals surface area contributed by atoms with Crippen LogP contribution in [-0.4, -0.2) is 45.4 Å². The summed E-state index contributed by atoms with van der Waals surface area (Å²) < 4.78 is 4.68. The maximum absolute atomic E-state index is 13.0. The maximum Gasteiger partial charge on any atom is 0.511 e. The van der Waals surface area contributed by atoms with Crippen molar-refractivity contribution in [2.24, 2.45) is 10.2 Å². The first-order valence-corrected chi connectivity index (χ1v) is 10.6. The van der Waals surface area contributed by atoms with Gasteiger partial charge in [-0.05, 0) is 60.9 Å². The van der Waals surface area contributed by atoms with Crippen LogP contribution in [0.25, 0.3) is 11.1 Å². The molecule has 1 amide bonds. The summed E-state index contributed by atoms with van der Waals surface area (Å²) in [6, 6.07) is 16.5. The third-order valence-corrected chi connectivity index (χ3v) is 5.45. The first-order valence-electron chi connectivity index (χ1n) is 10.6. The Kier molecular flexibility index (Phi) is 6.47. The number of anilines is 2. The van der Waals surface area contributed by atoms with Crippen LogP contribution in [0.5, 0.6) is 11.5 Å². The lowest BCUT2D eigenvalue weighted by Gasteiger charge is -2.13. The first-order chi connectivity index (χ1) is 16.8. The topological polar surface area (TPSA) is 144 Å². The summed E-state index contributed by atoms with van der Waals surface area (Å²) in [7, 11) is 0. The fraction of sp³-hybridized carbons (Fsp3) is 0.120. The Bertz CT molecular complexity index is 1380. The van der Waals surface area contributed by atoms with Crippen LogP contribution >= 0.6 is 0 Å². The van der Waals surface area contributed by atoms with Crippen LogP contribution in [0.4, 0.5) is 16.2 Å². The van der Waals surface area contributed by atoms with Gasteiger partial charge < -0.3 is 20.1 Å². The zero-order valence-electron chi connectivity index (χ0n) is 18.9. The number of benzene rings is 3. The van der Waals surface area contributed by atoms with E-state index in [1.54, 1.807) is 36.4 Å². The number of hydrogen-bond donors (Lipinski definition) is 4. The number of rotatable bonds is 6. The number of amides is 1. The van der Waals surface area contributed by atoms with Gasteiger partial charge in [-0.15, -0.1) is 0 Å². The number of carboxylic acid groups (broad SMARTS) is 1. The average molecular weight is 474 g/mol. The van der Waals surface area contributed by atoms with Crippen molar-refractivity contribution in [1.29, 1.82) is 0 Å². The van der Waals surface area contributed by atoms with E-state index in [4.69, 9.17) is 5.11 Å². The second kappa shape index (κ2) is 9.65. The van der Waals surface area contributed by atoms with Gasteiger partial charge in [-0.1, -0.05) is 30.3 Å². The van der Waals surface area contributed by atoms with Crippen LogP contribution in [0.3, 0.4) is 0 Å². The van der Waals surface area contributed by atoms with E-state index in [-0.39, 0.29) is 28.6 Å². The summed E-state index contributed by atoms with van der Waals surface area (Å²) >= 11 is 0. The van der Waals surface area contributed by atoms with Gasteiger partial charge in [-0.3, -0.25) is 10.2 Å². The van der Waals surface area contributed by atoms with E-state index < -0.39 is 18.7 Å². The van der Waals surface area contributed by atoms with Crippen LogP contribution < -0.4 is 15.2 Å². The van der Waals surface area contributed by atoms with Crippen molar-refractivity contribution >= 4 is 34.9 Å². The highest BCUT2D eigenvalue weighted by Crippen LogP contribution is 2.36. The lowest BCUT2D eigenvalue weighted by atomic mass is 10.0. The molecule has 0 spiro atoms. The van der Waals surface area contributed by atoms with Crippen LogP contribution in [-0.2, 0) is 4.79 Å². The summed E-state index contributed by atoms with van der Waals surface area (Å²) in [5, 5.41) is 38.8. The Labute approximate surface area is 200 Å². The summed E-state index contributed by atoms with van der Waals surface area (Å²) in [6.07, 6.45) is -1.45. The fourth-order valence-corrected chi connectivity index (χ4v) is 3.50. The Balaban J connectivity index is 1.61. The minimum atomic E-state index is -1.45. The molecule has 0 radical (unpaired) electrons. The highest BCUT2D eigenvalue weighted by molar-refractivity contribution is 6.72. The van der Waals surface area contributed by atoms with E-state index in [0.29, 0.717) is 16.8 Å². The van der Waals surface area contributed by atoms with Crippen molar-refractivity contribution < 1.29 is 29.6 Å². The average Bonchev–Trinajstić information content (AvgIpc) is 3.15. The lowest BCUT2D eigenvalue weighted by molar-refractivity contribution is -0.112.